The predicted octanol–water partition coefficient (Wildman–Crippen LogP) is 3.10. The van der Waals surface area contributed by atoms with Gasteiger partial charge in [-0.15, -0.1) is 0 Å². The van der Waals surface area contributed by atoms with E-state index in [1.165, 1.54) is 0 Å². The highest BCUT2D eigenvalue weighted by Gasteiger charge is 2.32. The van der Waals surface area contributed by atoms with Gasteiger partial charge in [0.15, 0.2) is 15.7 Å². The Kier molecular flexibility index (Phi) is 4.67. The van der Waals surface area contributed by atoms with Crippen LogP contribution in [0.2, 0.25) is 10.0 Å². The van der Waals surface area contributed by atoms with Gasteiger partial charge in [0.1, 0.15) is 5.82 Å². The summed E-state index contributed by atoms with van der Waals surface area (Å²) < 4.78 is 25.2. The Morgan fingerprint density at radius 1 is 1.30 bits per heavy atom. The number of aryl methyl sites for hydroxylation is 1. The molecule has 0 saturated carbocycles. The molecule has 8 heteroatoms. The summed E-state index contributed by atoms with van der Waals surface area (Å²) in [5.74, 6) is 1.65. The molecular weight excluding hydrogens is 357 g/mol. The molecule has 0 N–H and O–H groups in total. The fraction of sp³-hybridized carbons (Fsp3) is 0.467. The Morgan fingerprint density at radius 2 is 2.00 bits per heavy atom. The Hall–Kier alpha value is -1.11. The van der Waals surface area contributed by atoms with E-state index in [0.717, 1.165) is 11.4 Å². The van der Waals surface area contributed by atoms with Crippen LogP contribution in [0.15, 0.2) is 18.2 Å². The lowest BCUT2D eigenvalue weighted by atomic mass is 10.1. The monoisotopic (exact) mass is 373 g/mol. The van der Waals surface area contributed by atoms with Gasteiger partial charge in [-0.3, -0.25) is 0 Å². The molecule has 5 nitrogen and oxygen atoms in total. The molecule has 1 saturated heterocycles. The molecule has 0 amide bonds. The van der Waals surface area contributed by atoms with E-state index in [4.69, 9.17) is 23.2 Å². The van der Waals surface area contributed by atoms with Crippen LogP contribution in [-0.4, -0.2) is 34.7 Å². The highest BCUT2D eigenvalue weighted by Crippen LogP contribution is 2.29. The first kappa shape index (κ1) is 16.7. The smallest absolute Gasteiger partial charge is 0.155 e. The molecule has 3 rings (SSSR count). The van der Waals surface area contributed by atoms with Crippen LogP contribution in [0.5, 0.6) is 0 Å². The zero-order valence-corrected chi connectivity index (χ0v) is 15.0. The van der Waals surface area contributed by atoms with Crippen molar-refractivity contribution in [1.29, 1.82) is 0 Å². The molecule has 0 spiro atoms. The molecule has 1 atom stereocenters. The number of aromatic nitrogens is 3. The van der Waals surface area contributed by atoms with Crippen molar-refractivity contribution in [2.24, 2.45) is 0 Å². The summed E-state index contributed by atoms with van der Waals surface area (Å²) in [6.45, 7) is 2.61. The van der Waals surface area contributed by atoms with Gasteiger partial charge in [-0.25, -0.2) is 18.1 Å². The average Bonchev–Trinajstić information content (AvgIpc) is 3.06. The average molecular weight is 374 g/mol. The number of sulfone groups is 1. The van der Waals surface area contributed by atoms with E-state index in [1.54, 1.807) is 22.9 Å². The summed E-state index contributed by atoms with van der Waals surface area (Å²) >= 11 is 12.4. The first-order chi connectivity index (χ1) is 10.9. The normalized spacial score (nSPS) is 20.0. The topological polar surface area (TPSA) is 64.8 Å². The minimum atomic E-state index is -2.95. The van der Waals surface area contributed by atoms with Gasteiger partial charge in [0.2, 0.25) is 0 Å². The number of hydrogen-bond acceptors (Lipinski definition) is 4. The van der Waals surface area contributed by atoms with Crippen molar-refractivity contribution >= 4 is 33.0 Å². The maximum absolute atomic E-state index is 11.7. The standard InChI is InChI=1S/C15H17Cl2N3O2S/c1-2-20-15(10-6-7-23(21,22)9-10)18-14(19-20)8-11-12(16)4-3-5-13(11)17/h3-5,10H,2,6-9H2,1H3. The van der Waals surface area contributed by atoms with Crippen molar-refractivity contribution in [3.05, 3.63) is 45.5 Å². The number of halogens is 2. The third-order valence-corrected chi connectivity index (χ3v) is 6.51. The van der Waals surface area contributed by atoms with E-state index < -0.39 is 9.84 Å². The van der Waals surface area contributed by atoms with Gasteiger partial charge in [0, 0.05) is 28.9 Å². The molecule has 0 aliphatic carbocycles. The van der Waals surface area contributed by atoms with Crippen molar-refractivity contribution < 1.29 is 8.42 Å². The summed E-state index contributed by atoms with van der Waals surface area (Å²) in [6.07, 6.45) is 1.03. The first-order valence-electron chi connectivity index (χ1n) is 7.46. The SMILES string of the molecule is CCn1nc(Cc2c(Cl)cccc2Cl)nc1C1CCS(=O)(=O)C1. The van der Waals surface area contributed by atoms with E-state index in [0.29, 0.717) is 35.3 Å². The Morgan fingerprint density at radius 3 is 2.57 bits per heavy atom. The van der Waals surface area contributed by atoms with Crippen LogP contribution in [0.25, 0.3) is 0 Å². The van der Waals surface area contributed by atoms with Crippen LogP contribution in [0, 0.1) is 0 Å². The van der Waals surface area contributed by atoms with Gasteiger partial charge in [0.05, 0.1) is 11.5 Å². The Bertz CT molecular complexity index is 813. The maximum atomic E-state index is 11.7. The lowest BCUT2D eigenvalue weighted by Crippen LogP contribution is -2.11. The van der Waals surface area contributed by atoms with Gasteiger partial charge in [-0.2, -0.15) is 5.10 Å². The fourth-order valence-corrected chi connectivity index (χ4v) is 5.14. The van der Waals surface area contributed by atoms with Crippen molar-refractivity contribution in [2.75, 3.05) is 11.5 Å². The number of benzene rings is 1. The van der Waals surface area contributed by atoms with Gasteiger partial charge >= 0.3 is 0 Å². The molecule has 1 aromatic carbocycles. The minimum Gasteiger partial charge on any atom is -0.250 e. The lowest BCUT2D eigenvalue weighted by Gasteiger charge is -2.07. The molecule has 2 heterocycles. The molecule has 1 aliphatic heterocycles. The Labute approximate surface area is 145 Å². The third-order valence-electron chi connectivity index (χ3n) is 4.04. The molecule has 0 bridgehead atoms. The number of rotatable bonds is 4. The fourth-order valence-electron chi connectivity index (χ4n) is 2.87. The van der Waals surface area contributed by atoms with E-state index in [9.17, 15) is 8.42 Å². The zero-order chi connectivity index (χ0) is 16.6. The number of hydrogen-bond donors (Lipinski definition) is 0. The molecule has 0 radical (unpaired) electrons. The first-order valence-corrected chi connectivity index (χ1v) is 10.0. The number of nitrogens with zero attached hydrogens (tertiary/aromatic N) is 3. The van der Waals surface area contributed by atoms with Crippen molar-refractivity contribution in [3.63, 3.8) is 0 Å². The maximum Gasteiger partial charge on any atom is 0.155 e. The van der Waals surface area contributed by atoms with Crippen LogP contribution in [0.1, 0.15) is 36.5 Å². The summed E-state index contributed by atoms with van der Waals surface area (Å²) in [5.41, 5.74) is 0.787. The molecular formula is C15H17Cl2N3O2S. The van der Waals surface area contributed by atoms with Gasteiger partial charge < -0.3 is 0 Å². The Balaban J connectivity index is 1.91. The second-order valence-corrected chi connectivity index (χ2v) is 8.72. The van der Waals surface area contributed by atoms with Crippen LogP contribution >= 0.6 is 23.2 Å². The quantitative estimate of drug-likeness (QED) is 0.825. The lowest BCUT2D eigenvalue weighted by molar-refractivity contribution is 0.571. The molecule has 1 fully saturated rings. The summed E-state index contributed by atoms with van der Waals surface area (Å²) in [6, 6.07) is 5.36. The highest BCUT2D eigenvalue weighted by molar-refractivity contribution is 7.91. The van der Waals surface area contributed by atoms with E-state index >= 15 is 0 Å². The molecule has 1 aromatic heterocycles. The molecule has 1 unspecified atom stereocenters. The minimum absolute atomic E-state index is 0.0806. The van der Waals surface area contributed by atoms with Gasteiger partial charge in [0.25, 0.3) is 0 Å². The van der Waals surface area contributed by atoms with Gasteiger partial charge in [-0.1, -0.05) is 29.3 Å². The predicted molar refractivity (Wildman–Crippen MR) is 91.0 cm³/mol. The van der Waals surface area contributed by atoms with Crippen molar-refractivity contribution in [3.8, 4) is 0 Å². The molecule has 2 aromatic rings. The van der Waals surface area contributed by atoms with Crippen LogP contribution in [0.4, 0.5) is 0 Å². The van der Waals surface area contributed by atoms with Crippen molar-refractivity contribution in [2.45, 2.75) is 32.2 Å². The zero-order valence-electron chi connectivity index (χ0n) is 12.7. The van der Waals surface area contributed by atoms with Crippen LogP contribution in [-0.2, 0) is 22.8 Å². The molecule has 23 heavy (non-hydrogen) atoms. The molecule has 1 aliphatic rings. The van der Waals surface area contributed by atoms with E-state index in [1.807, 2.05) is 6.92 Å². The summed E-state index contributed by atoms with van der Waals surface area (Å²) in [7, 11) is -2.95. The largest absolute Gasteiger partial charge is 0.250 e. The second-order valence-electron chi connectivity index (χ2n) is 5.68. The summed E-state index contributed by atoms with van der Waals surface area (Å²) in [4.78, 5) is 4.58. The van der Waals surface area contributed by atoms with Gasteiger partial charge in [-0.05, 0) is 31.0 Å². The second kappa shape index (κ2) is 6.42. The van der Waals surface area contributed by atoms with Crippen LogP contribution < -0.4 is 0 Å². The highest BCUT2D eigenvalue weighted by atomic mass is 35.5. The third kappa shape index (κ3) is 3.54. The molecule has 124 valence electrons. The van der Waals surface area contributed by atoms with Crippen LogP contribution in [0.3, 0.4) is 0 Å². The van der Waals surface area contributed by atoms with E-state index in [-0.39, 0.29) is 17.4 Å². The summed E-state index contributed by atoms with van der Waals surface area (Å²) in [5, 5.41) is 5.65. The van der Waals surface area contributed by atoms with Crippen molar-refractivity contribution in [1.82, 2.24) is 14.8 Å². The van der Waals surface area contributed by atoms with E-state index in [2.05, 4.69) is 10.1 Å².